The van der Waals surface area contributed by atoms with Crippen LogP contribution in [0.1, 0.15) is 21.7 Å². The molecule has 2 heterocycles. The van der Waals surface area contributed by atoms with Gasteiger partial charge >= 0.3 is 0 Å². The van der Waals surface area contributed by atoms with Crippen LogP contribution < -0.4 is 5.32 Å². The van der Waals surface area contributed by atoms with Crippen molar-refractivity contribution in [1.29, 1.82) is 0 Å². The van der Waals surface area contributed by atoms with E-state index in [1.165, 1.54) is 29.0 Å². The lowest BCUT2D eigenvalue weighted by molar-refractivity contribution is 0.102. The van der Waals surface area contributed by atoms with Gasteiger partial charge in [-0.15, -0.1) is 10.2 Å². The molecule has 1 N–H and O–H groups in total. The summed E-state index contributed by atoms with van der Waals surface area (Å²) < 4.78 is 14.6. The summed E-state index contributed by atoms with van der Waals surface area (Å²) in [6.45, 7) is 3.54. The van der Waals surface area contributed by atoms with Crippen molar-refractivity contribution >= 4 is 22.4 Å². The molecule has 0 radical (unpaired) electrons. The molecular formula is C14H12FN5OS. The van der Waals surface area contributed by atoms with Crippen LogP contribution in [0.25, 0.3) is 5.69 Å². The fourth-order valence-electron chi connectivity index (χ4n) is 2.19. The quantitative estimate of drug-likeness (QED) is 0.806. The number of carbonyl (C=O) groups is 1. The molecule has 0 aliphatic heterocycles. The Morgan fingerprint density at radius 2 is 2.00 bits per heavy atom. The first-order chi connectivity index (χ1) is 10.6. The van der Waals surface area contributed by atoms with Crippen LogP contribution in [0.15, 0.2) is 29.8 Å². The fourth-order valence-corrected chi connectivity index (χ4v) is 2.63. The number of aryl methyl sites for hydroxylation is 1. The number of hydrogen-bond acceptors (Lipinski definition) is 5. The first-order valence-electron chi connectivity index (χ1n) is 6.46. The summed E-state index contributed by atoms with van der Waals surface area (Å²) in [6.07, 6.45) is 0. The molecule has 1 aromatic carbocycles. The molecule has 3 rings (SSSR count). The number of hydrogen-bond donors (Lipinski definition) is 1. The van der Waals surface area contributed by atoms with E-state index in [4.69, 9.17) is 0 Å². The van der Waals surface area contributed by atoms with Gasteiger partial charge in [0, 0.05) is 0 Å². The number of benzene rings is 1. The van der Waals surface area contributed by atoms with E-state index < -0.39 is 0 Å². The number of halogens is 1. The van der Waals surface area contributed by atoms with Crippen molar-refractivity contribution in [1.82, 2.24) is 20.0 Å². The van der Waals surface area contributed by atoms with E-state index >= 15 is 0 Å². The van der Waals surface area contributed by atoms with Crippen molar-refractivity contribution < 1.29 is 9.18 Å². The minimum Gasteiger partial charge on any atom is -0.296 e. The maximum Gasteiger partial charge on any atom is 0.261 e. The van der Waals surface area contributed by atoms with Crippen molar-refractivity contribution in [2.75, 3.05) is 5.32 Å². The first-order valence-corrected chi connectivity index (χ1v) is 7.34. The normalized spacial score (nSPS) is 10.7. The third kappa shape index (κ3) is 2.60. The third-order valence-electron chi connectivity index (χ3n) is 3.17. The molecule has 0 fully saturated rings. The van der Waals surface area contributed by atoms with Gasteiger partial charge in [-0.2, -0.15) is 5.10 Å². The van der Waals surface area contributed by atoms with Crippen LogP contribution in [0.4, 0.5) is 9.52 Å². The minimum atomic E-state index is -0.320. The summed E-state index contributed by atoms with van der Waals surface area (Å²) >= 11 is 1.24. The summed E-state index contributed by atoms with van der Waals surface area (Å²) in [5.41, 5.74) is 3.96. The van der Waals surface area contributed by atoms with Crippen molar-refractivity contribution in [2.45, 2.75) is 13.8 Å². The molecular weight excluding hydrogens is 305 g/mol. The molecule has 0 saturated heterocycles. The molecule has 112 valence electrons. The van der Waals surface area contributed by atoms with E-state index in [-0.39, 0.29) is 11.7 Å². The molecule has 6 nitrogen and oxygen atoms in total. The van der Waals surface area contributed by atoms with Crippen LogP contribution in [-0.4, -0.2) is 25.9 Å². The zero-order valence-corrected chi connectivity index (χ0v) is 12.7. The summed E-state index contributed by atoms with van der Waals surface area (Å²) in [5, 5.41) is 14.9. The number of amides is 1. The highest BCUT2D eigenvalue weighted by molar-refractivity contribution is 7.13. The number of rotatable bonds is 3. The average Bonchev–Trinajstić information content (AvgIpc) is 3.08. The number of nitrogens with zero attached hydrogens (tertiary/aromatic N) is 4. The summed E-state index contributed by atoms with van der Waals surface area (Å²) in [7, 11) is 0. The van der Waals surface area contributed by atoms with Crippen molar-refractivity contribution in [3.8, 4) is 5.69 Å². The Kier molecular flexibility index (Phi) is 3.68. The summed E-state index contributed by atoms with van der Waals surface area (Å²) in [6, 6.07) is 5.93. The Balaban J connectivity index is 1.96. The van der Waals surface area contributed by atoms with Gasteiger partial charge in [-0.05, 0) is 38.1 Å². The highest BCUT2D eigenvalue weighted by atomic mass is 32.1. The SMILES string of the molecule is Cc1nn(-c2ccc(F)cc2)c(C)c1C(=O)Nc1nncs1. The zero-order valence-electron chi connectivity index (χ0n) is 11.9. The van der Waals surface area contributed by atoms with Gasteiger partial charge < -0.3 is 0 Å². The molecule has 3 aromatic rings. The summed E-state index contributed by atoms with van der Waals surface area (Å²) in [5.74, 6) is -0.611. The number of nitrogens with one attached hydrogen (secondary N) is 1. The molecule has 0 aliphatic carbocycles. The van der Waals surface area contributed by atoms with E-state index in [1.807, 2.05) is 0 Å². The number of anilines is 1. The van der Waals surface area contributed by atoms with E-state index in [2.05, 4.69) is 20.6 Å². The van der Waals surface area contributed by atoms with Gasteiger partial charge in [0.15, 0.2) is 0 Å². The summed E-state index contributed by atoms with van der Waals surface area (Å²) in [4.78, 5) is 12.4. The van der Waals surface area contributed by atoms with Gasteiger partial charge in [0.05, 0.1) is 22.6 Å². The topological polar surface area (TPSA) is 72.7 Å². The van der Waals surface area contributed by atoms with Gasteiger partial charge in [0.1, 0.15) is 11.3 Å². The van der Waals surface area contributed by atoms with Crippen LogP contribution in [0, 0.1) is 19.7 Å². The Labute approximate surface area is 129 Å². The van der Waals surface area contributed by atoms with Gasteiger partial charge in [0.2, 0.25) is 5.13 Å². The predicted octanol–water partition coefficient (Wildman–Crippen LogP) is 2.73. The van der Waals surface area contributed by atoms with E-state index in [0.29, 0.717) is 27.8 Å². The minimum absolute atomic E-state index is 0.292. The second-order valence-electron chi connectivity index (χ2n) is 4.63. The third-order valence-corrected chi connectivity index (χ3v) is 3.78. The Bertz CT molecular complexity index is 811. The second kappa shape index (κ2) is 5.64. The molecule has 1 amide bonds. The number of aromatic nitrogens is 4. The maximum atomic E-state index is 13.0. The molecule has 0 aliphatic rings. The van der Waals surface area contributed by atoms with Gasteiger partial charge in [0.25, 0.3) is 5.91 Å². The van der Waals surface area contributed by atoms with Gasteiger partial charge in [-0.1, -0.05) is 11.3 Å². The predicted molar refractivity (Wildman–Crippen MR) is 80.9 cm³/mol. The van der Waals surface area contributed by atoms with Crippen LogP contribution in [-0.2, 0) is 0 Å². The standard InChI is InChI=1S/C14H12FN5OS/c1-8-12(13(21)17-14-18-16-7-22-14)9(2)20(19-8)11-5-3-10(15)4-6-11/h3-7H,1-2H3,(H,17,18,21). The highest BCUT2D eigenvalue weighted by Crippen LogP contribution is 2.20. The van der Waals surface area contributed by atoms with E-state index in [0.717, 1.165) is 0 Å². The van der Waals surface area contributed by atoms with Crippen LogP contribution >= 0.6 is 11.3 Å². The molecule has 0 unspecified atom stereocenters. The molecule has 0 spiro atoms. The zero-order chi connectivity index (χ0) is 15.7. The van der Waals surface area contributed by atoms with Crippen molar-refractivity contribution in [3.63, 3.8) is 0 Å². The Morgan fingerprint density at radius 3 is 2.64 bits per heavy atom. The fraction of sp³-hybridized carbons (Fsp3) is 0.143. The Hall–Kier alpha value is -2.61. The largest absolute Gasteiger partial charge is 0.296 e. The van der Waals surface area contributed by atoms with E-state index in [9.17, 15) is 9.18 Å². The lowest BCUT2D eigenvalue weighted by Gasteiger charge is -2.05. The second-order valence-corrected chi connectivity index (χ2v) is 5.47. The molecule has 8 heteroatoms. The van der Waals surface area contributed by atoms with Gasteiger partial charge in [-0.25, -0.2) is 9.07 Å². The molecule has 0 bridgehead atoms. The lowest BCUT2D eigenvalue weighted by Crippen LogP contribution is -2.14. The Morgan fingerprint density at radius 1 is 1.27 bits per heavy atom. The lowest BCUT2D eigenvalue weighted by atomic mass is 10.2. The van der Waals surface area contributed by atoms with Crippen molar-refractivity contribution in [3.05, 3.63) is 52.5 Å². The maximum absolute atomic E-state index is 13.0. The monoisotopic (exact) mass is 317 g/mol. The van der Waals surface area contributed by atoms with E-state index in [1.54, 1.807) is 30.7 Å². The smallest absolute Gasteiger partial charge is 0.261 e. The average molecular weight is 317 g/mol. The molecule has 2 aromatic heterocycles. The molecule has 0 atom stereocenters. The molecule has 22 heavy (non-hydrogen) atoms. The highest BCUT2D eigenvalue weighted by Gasteiger charge is 2.20. The molecule has 0 saturated carbocycles. The van der Waals surface area contributed by atoms with Crippen LogP contribution in [0.5, 0.6) is 0 Å². The van der Waals surface area contributed by atoms with Gasteiger partial charge in [-0.3, -0.25) is 10.1 Å². The van der Waals surface area contributed by atoms with Crippen LogP contribution in [0.2, 0.25) is 0 Å². The number of carbonyl (C=O) groups excluding carboxylic acids is 1. The first kappa shape index (κ1) is 14.3. The van der Waals surface area contributed by atoms with Crippen LogP contribution in [0.3, 0.4) is 0 Å². The van der Waals surface area contributed by atoms with Crippen molar-refractivity contribution in [2.24, 2.45) is 0 Å².